The normalized spacial score (nSPS) is 21.7. The molecule has 2 amide bonds. The molecule has 35 heavy (non-hydrogen) atoms. The summed E-state index contributed by atoms with van der Waals surface area (Å²) in [6, 6.07) is 20.6. The quantitative estimate of drug-likeness (QED) is 0.423. The molecule has 3 aliphatic rings. The summed E-state index contributed by atoms with van der Waals surface area (Å²) >= 11 is 0. The Hall–Kier alpha value is -3.36. The van der Waals surface area contributed by atoms with E-state index in [1.54, 1.807) is 24.3 Å². The molecule has 0 spiro atoms. The van der Waals surface area contributed by atoms with E-state index in [4.69, 9.17) is 0 Å². The molecule has 3 N–H and O–H groups in total. The number of carbonyl (C=O) groups is 2. The topological polar surface area (TPSA) is 87.3 Å². The zero-order valence-corrected chi connectivity index (χ0v) is 19.8. The number of hydrogen-bond acceptors (Lipinski definition) is 3. The third-order valence-corrected chi connectivity index (χ3v) is 7.99. The summed E-state index contributed by atoms with van der Waals surface area (Å²) in [7, 11) is -1.30. The molecule has 8 heteroatoms. The van der Waals surface area contributed by atoms with Crippen molar-refractivity contribution in [2.75, 3.05) is 5.32 Å². The van der Waals surface area contributed by atoms with Gasteiger partial charge in [0.2, 0.25) is 5.91 Å². The van der Waals surface area contributed by atoms with Crippen LogP contribution in [-0.2, 0) is 22.2 Å². The summed E-state index contributed by atoms with van der Waals surface area (Å²) in [6.45, 7) is 0. The number of carbonyl (C=O) groups excluding carboxylic acids is 2. The van der Waals surface area contributed by atoms with Crippen LogP contribution in [0.25, 0.3) is 0 Å². The van der Waals surface area contributed by atoms with E-state index in [-0.39, 0.29) is 17.5 Å². The molecule has 180 valence electrons. The van der Waals surface area contributed by atoms with Crippen LogP contribution in [0.5, 0.6) is 0 Å². The van der Waals surface area contributed by atoms with E-state index in [0.717, 1.165) is 36.8 Å². The molecule has 2 atom stereocenters. The minimum absolute atomic E-state index is 0.0486. The van der Waals surface area contributed by atoms with Gasteiger partial charge in [-0.15, -0.1) is 0 Å². The lowest BCUT2D eigenvalue weighted by molar-refractivity contribution is -0.118. The third-order valence-electron chi connectivity index (χ3n) is 6.67. The summed E-state index contributed by atoms with van der Waals surface area (Å²) in [4.78, 5) is 26.5. The van der Waals surface area contributed by atoms with Crippen LogP contribution in [-0.4, -0.2) is 27.6 Å². The highest BCUT2D eigenvalue weighted by molar-refractivity contribution is 7.83. The van der Waals surface area contributed by atoms with Gasteiger partial charge in [-0.25, -0.2) is 13.3 Å². The lowest BCUT2D eigenvalue weighted by atomic mass is 9.50. The maximum atomic E-state index is 13.6. The van der Waals surface area contributed by atoms with Crippen molar-refractivity contribution in [3.05, 3.63) is 95.8 Å². The lowest BCUT2D eigenvalue weighted by Gasteiger charge is -2.61. The zero-order valence-electron chi connectivity index (χ0n) is 19.0. The molecule has 0 heterocycles. The Morgan fingerprint density at radius 2 is 1.69 bits per heavy atom. The van der Waals surface area contributed by atoms with Gasteiger partial charge in [0.05, 0.1) is 4.90 Å². The number of benzene rings is 3. The molecule has 2 unspecified atom stereocenters. The minimum atomic E-state index is -1.30. The molecule has 6 rings (SSSR count). The van der Waals surface area contributed by atoms with Gasteiger partial charge in [-0.1, -0.05) is 36.4 Å². The summed E-state index contributed by atoms with van der Waals surface area (Å²) in [5.41, 5.74) is 1.59. The summed E-state index contributed by atoms with van der Waals surface area (Å²) in [5.74, 6) is -0.671. The number of nitrogens with one attached hydrogen (secondary N) is 3. The predicted octanol–water partition coefficient (Wildman–Crippen LogP) is 3.97. The van der Waals surface area contributed by atoms with Crippen molar-refractivity contribution in [2.45, 2.75) is 42.2 Å². The van der Waals surface area contributed by atoms with Crippen molar-refractivity contribution in [2.24, 2.45) is 5.92 Å². The molecule has 3 aromatic carbocycles. The van der Waals surface area contributed by atoms with E-state index in [2.05, 4.69) is 15.4 Å². The highest BCUT2D eigenvalue weighted by atomic mass is 32.2. The average molecular weight is 492 g/mol. The van der Waals surface area contributed by atoms with E-state index in [1.165, 1.54) is 18.2 Å². The molecule has 0 aromatic heterocycles. The van der Waals surface area contributed by atoms with E-state index < -0.39 is 34.7 Å². The van der Waals surface area contributed by atoms with Crippen LogP contribution in [0.1, 0.15) is 35.2 Å². The van der Waals surface area contributed by atoms with Crippen LogP contribution in [0.15, 0.2) is 83.8 Å². The second kappa shape index (κ2) is 9.71. The molecule has 6 nitrogen and oxygen atoms in total. The fourth-order valence-corrected chi connectivity index (χ4v) is 5.82. The second-order valence-corrected chi connectivity index (χ2v) is 10.6. The molecule has 0 radical (unpaired) electrons. The van der Waals surface area contributed by atoms with Gasteiger partial charge in [0.1, 0.15) is 22.8 Å². The second-order valence-electron chi connectivity index (χ2n) is 9.37. The van der Waals surface area contributed by atoms with Crippen molar-refractivity contribution in [1.82, 2.24) is 10.0 Å². The molecule has 0 saturated heterocycles. The Kier molecular flexibility index (Phi) is 6.49. The first-order valence-corrected chi connectivity index (χ1v) is 12.7. The molecule has 0 aliphatic heterocycles. The maximum Gasteiger partial charge on any atom is 0.252 e. The van der Waals surface area contributed by atoms with Crippen molar-refractivity contribution in [1.29, 1.82) is 0 Å². The number of rotatable bonds is 9. The number of hydrogen-bond donors (Lipinski definition) is 3. The lowest BCUT2D eigenvalue weighted by Crippen LogP contribution is -2.67. The van der Waals surface area contributed by atoms with Crippen molar-refractivity contribution < 1.29 is 18.2 Å². The van der Waals surface area contributed by atoms with Gasteiger partial charge in [-0.05, 0) is 73.2 Å². The fraction of sp³-hybridized carbons (Fsp3) is 0.259. The molecule has 3 aliphatic carbocycles. The van der Waals surface area contributed by atoms with Crippen molar-refractivity contribution in [3.63, 3.8) is 0 Å². The van der Waals surface area contributed by atoms with Gasteiger partial charge in [0.25, 0.3) is 5.91 Å². The van der Waals surface area contributed by atoms with Crippen LogP contribution < -0.4 is 15.4 Å². The standard InChI is InChI=1S/C27H26FN3O3S/c28-21-8-4-7-20(14-21)25(32)30-24(13-18-5-2-1-3-6-18)26(33)29-22-9-11-23(12-10-22)35(34)31-27-15-19(16-27)17-27/h1-12,14,19,24,31H,13,15-17H2,(H,29,33)(H,30,32). The predicted molar refractivity (Wildman–Crippen MR) is 132 cm³/mol. The SMILES string of the molecule is O=C(NC(Cc1ccccc1)C(=O)Nc1ccc(S(=O)NC23CC(C2)C3)cc1)c1cccc(F)c1. The van der Waals surface area contributed by atoms with E-state index in [0.29, 0.717) is 10.6 Å². The molecular formula is C27H26FN3O3S. The average Bonchev–Trinajstić information content (AvgIpc) is 2.81. The van der Waals surface area contributed by atoms with Crippen LogP contribution in [0, 0.1) is 11.7 Å². The van der Waals surface area contributed by atoms with Crippen LogP contribution in [0.3, 0.4) is 0 Å². The summed E-state index contributed by atoms with van der Waals surface area (Å²) in [6.07, 6.45) is 3.55. The van der Waals surface area contributed by atoms with E-state index in [1.807, 2.05) is 30.3 Å². The van der Waals surface area contributed by atoms with Gasteiger partial charge in [0, 0.05) is 23.2 Å². The summed E-state index contributed by atoms with van der Waals surface area (Å²) < 4.78 is 29.5. The maximum absolute atomic E-state index is 13.6. The molecule has 3 aromatic rings. The largest absolute Gasteiger partial charge is 0.340 e. The number of anilines is 1. The number of amides is 2. The molecule has 3 fully saturated rings. The monoisotopic (exact) mass is 491 g/mol. The Morgan fingerprint density at radius 3 is 2.31 bits per heavy atom. The van der Waals surface area contributed by atoms with E-state index in [9.17, 15) is 18.2 Å². The fourth-order valence-electron chi connectivity index (χ4n) is 4.68. The zero-order chi connectivity index (χ0) is 24.4. The molecular weight excluding hydrogens is 465 g/mol. The highest BCUT2D eigenvalue weighted by Crippen LogP contribution is 2.57. The minimum Gasteiger partial charge on any atom is -0.340 e. The first-order chi connectivity index (χ1) is 16.9. The van der Waals surface area contributed by atoms with Gasteiger partial charge >= 0.3 is 0 Å². The first kappa shape index (κ1) is 23.4. The summed E-state index contributed by atoms with van der Waals surface area (Å²) in [5, 5.41) is 5.55. The van der Waals surface area contributed by atoms with Crippen molar-refractivity contribution >= 4 is 28.5 Å². The Morgan fingerprint density at radius 1 is 0.971 bits per heavy atom. The number of halogens is 1. The van der Waals surface area contributed by atoms with Crippen LogP contribution in [0.2, 0.25) is 0 Å². The Bertz CT molecular complexity index is 1250. The third kappa shape index (κ3) is 5.33. The Balaban J connectivity index is 1.26. The first-order valence-electron chi connectivity index (χ1n) is 11.6. The van der Waals surface area contributed by atoms with Gasteiger partial charge in [-0.3, -0.25) is 9.59 Å². The van der Waals surface area contributed by atoms with E-state index >= 15 is 0 Å². The van der Waals surface area contributed by atoms with Gasteiger partial charge < -0.3 is 10.6 Å². The molecule has 3 saturated carbocycles. The smallest absolute Gasteiger partial charge is 0.252 e. The van der Waals surface area contributed by atoms with Gasteiger partial charge in [0.15, 0.2) is 0 Å². The van der Waals surface area contributed by atoms with Gasteiger partial charge in [-0.2, -0.15) is 0 Å². The van der Waals surface area contributed by atoms with Crippen molar-refractivity contribution in [3.8, 4) is 0 Å². The Labute approximate surface area is 205 Å². The molecule has 2 bridgehead atoms. The van der Waals surface area contributed by atoms with Crippen LogP contribution >= 0.6 is 0 Å². The highest BCUT2D eigenvalue weighted by Gasteiger charge is 2.57. The van der Waals surface area contributed by atoms with Crippen LogP contribution in [0.4, 0.5) is 10.1 Å².